The van der Waals surface area contributed by atoms with Gasteiger partial charge < -0.3 is 0 Å². The third-order valence-electron chi connectivity index (χ3n) is 2.77. The van der Waals surface area contributed by atoms with Gasteiger partial charge >= 0.3 is 0 Å². The maximum absolute atomic E-state index is 12.8. The Hall–Kier alpha value is -2.56. The van der Waals surface area contributed by atoms with Gasteiger partial charge in [0.05, 0.1) is 16.8 Å². The summed E-state index contributed by atoms with van der Waals surface area (Å²) in [6.07, 6.45) is 2.82. The smallest absolute Gasteiger partial charge is 0.267 e. The van der Waals surface area contributed by atoms with Crippen LogP contribution in [0.25, 0.3) is 0 Å². The molecular formula is C13H7FN2O2. The van der Waals surface area contributed by atoms with Gasteiger partial charge in [0.1, 0.15) is 5.82 Å². The summed E-state index contributed by atoms with van der Waals surface area (Å²) in [5.41, 5.74) is 0.939. The molecule has 0 fully saturated rings. The summed E-state index contributed by atoms with van der Waals surface area (Å²) in [5, 5.41) is 0. The number of pyridine rings is 1. The Bertz CT molecular complexity index is 617. The van der Waals surface area contributed by atoms with E-state index in [0.29, 0.717) is 11.3 Å². The van der Waals surface area contributed by atoms with Gasteiger partial charge in [-0.1, -0.05) is 0 Å². The van der Waals surface area contributed by atoms with E-state index in [-0.39, 0.29) is 5.56 Å². The predicted molar refractivity (Wildman–Crippen MR) is 61.8 cm³/mol. The molecule has 1 aliphatic heterocycles. The van der Waals surface area contributed by atoms with Crippen molar-refractivity contribution in [2.24, 2.45) is 0 Å². The van der Waals surface area contributed by atoms with Crippen molar-refractivity contribution >= 4 is 17.5 Å². The Balaban J connectivity index is 2.09. The van der Waals surface area contributed by atoms with E-state index in [4.69, 9.17) is 0 Å². The number of amides is 2. The van der Waals surface area contributed by atoms with E-state index in [2.05, 4.69) is 4.98 Å². The first-order valence-corrected chi connectivity index (χ1v) is 5.27. The molecule has 1 aromatic heterocycles. The number of halogens is 1. The van der Waals surface area contributed by atoms with Gasteiger partial charge in [0.25, 0.3) is 11.8 Å². The van der Waals surface area contributed by atoms with Crippen molar-refractivity contribution in [2.75, 3.05) is 4.90 Å². The van der Waals surface area contributed by atoms with Crippen LogP contribution in [0.2, 0.25) is 0 Å². The fraction of sp³-hybridized carbons (Fsp3) is 0. The zero-order valence-electron chi connectivity index (χ0n) is 9.13. The van der Waals surface area contributed by atoms with Crippen LogP contribution in [-0.2, 0) is 0 Å². The van der Waals surface area contributed by atoms with Gasteiger partial charge in [-0.3, -0.25) is 14.6 Å². The SMILES string of the molecule is O=C1c2ccncc2C(=O)N1c1ccc(F)cc1. The zero-order chi connectivity index (χ0) is 12.7. The number of carbonyl (C=O) groups excluding carboxylic acids is 2. The quantitative estimate of drug-likeness (QED) is 0.719. The van der Waals surface area contributed by atoms with Crippen LogP contribution in [-0.4, -0.2) is 16.8 Å². The molecule has 0 radical (unpaired) electrons. The number of aromatic nitrogens is 1. The molecule has 0 aliphatic carbocycles. The van der Waals surface area contributed by atoms with Gasteiger partial charge in [0.15, 0.2) is 0 Å². The molecule has 2 aromatic rings. The number of hydrogen-bond donors (Lipinski definition) is 0. The fourth-order valence-electron chi connectivity index (χ4n) is 1.91. The van der Waals surface area contributed by atoms with E-state index in [1.54, 1.807) is 0 Å². The van der Waals surface area contributed by atoms with Crippen LogP contribution in [0.1, 0.15) is 20.7 Å². The Morgan fingerprint density at radius 2 is 1.61 bits per heavy atom. The number of benzene rings is 1. The van der Waals surface area contributed by atoms with E-state index in [1.807, 2.05) is 0 Å². The number of imide groups is 1. The number of carbonyl (C=O) groups is 2. The molecule has 2 heterocycles. The summed E-state index contributed by atoms with van der Waals surface area (Å²) < 4.78 is 12.8. The van der Waals surface area contributed by atoms with Crippen LogP contribution < -0.4 is 4.90 Å². The lowest BCUT2D eigenvalue weighted by molar-refractivity contribution is 0.0926. The maximum Gasteiger partial charge on any atom is 0.267 e. The third-order valence-corrected chi connectivity index (χ3v) is 2.77. The van der Waals surface area contributed by atoms with Crippen molar-refractivity contribution in [1.29, 1.82) is 0 Å². The summed E-state index contributed by atoms with van der Waals surface area (Å²) in [4.78, 5) is 29.0. The lowest BCUT2D eigenvalue weighted by Crippen LogP contribution is -2.29. The second-order valence-electron chi connectivity index (χ2n) is 3.84. The average Bonchev–Trinajstić information content (AvgIpc) is 2.64. The summed E-state index contributed by atoms with van der Waals surface area (Å²) in [5.74, 6) is -1.27. The highest BCUT2D eigenvalue weighted by molar-refractivity contribution is 6.34. The van der Waals surface area contributed by atoms with Gasteiger partial charge in [-0.15, -0.1) is 0 Å². The highest BCUT2D eigenvalue weighted by Gasteiger charge is 2.36. The van der Waals surface area contributed by atoms with Gasteiger partial charge in [-0.25, -0.2) is 9.29 Å². The number of rotatable bonds is 1. The van der Waals surface area contributed by atoms with Crippen LogP contribution in [0.3, 0.4) is 0 Å². The minimum atomic E-state index is -0.435. The van der Waals surface area contributed by atoms with Crippen LogP contribution in [0.15, 0.2) is 42.7 Å². The molecule has 0 spiro atoms. The van der Waals surface area contributed by atoms with Crippen LogP contribution in [0.4, 0.5) is 10.1 Å². The Morgan fingerprint density at radius 3 is 2.28 bits per heavy atom. The largest absolute Gasteiger partial charge is 0.268 e. The molecule has 0 unspecified atom stereocenters. The minimum Gasteiger partial charge on any atom is -0.268 e. The highest BCUT2D eigenvalue weighted by atomic mass is 19.1. The van der Waals surface area contributed by atoms with E-state index >= 15 is 0 Å². The summed E-state index contributed by atoms with van der Waals surface area (Å²) in [6.45, 7) is 0. The summed E-state index contributed by atoms with van der Waals surface area (Å²) >= 11 is 0. The molecule has 0 N–H and O–H groups in total. The molecule has 2 amide bonds. The van der Waals surface area contributed by atoms with Gasteiger partial charge in [-0.2, -0.15) is 0 Å². The van der Waals surface area contributed by atoms with Gasteiger partial charge in [0.2, 0.25) is 0 Å². The molecule has 5 heteroatoms. The molecular weight excluding hydrogens is 235 g/mol. The van der Waals surface area contributed by atoms with E-state index in [0.717, 1.165) is 4.90 Å². The topological polar surface area (TPSA) is 50.3 Å². The van der Waals surface area contributed by atoms with Crippen LogP contribution >= 0.6 is 0 Å². The predicted octanol–water partition coefficient (Wildman–Crippen LogP) is 2.02. The monoisotopic (exact) mass is 242 g/mol. The Morgan fingerprint density at radius 1 is 0.944 bits per heavy atom. The van der Waals surface area contributed by atoms with Crippen molar-refractivity contribution in [3.05, 3.63) is 59.7 Å². The third kappa shape index (κ3) is 1.41. The normalized spacial score (nSPS) is 13.9. The summed E-state index contributed by atoms with van der Waals surface area (Å²) in [6, 6.07) is 6.70. The van der Waals surface area contributed by atoms with E-state index in [9.17, 15) is 14.0 Å². The standard InChI is InChI=1S/C13H7FN2O2/c14-8-1-3-9(4-2-8)16-12(17)10-5-6-15-7-11(10)13(16)18/h1-7H. The first kappa shape index (κ1) is 10.6. The van der Waals surface area contributed by atoms with E-state index in [1.165, 1.54) is 42.7 Å². The van der Waals surface area contributed by atoms with Crippen LogP contribution in [0.5, 0.6) is 0 Å². The second kappa shape index (κ2) is 3.73. The molecule has 1 aliphatic rings. The molecule has 3 rings (SSSR count). The van der Waals surface area contributed by atoms with Gasteiger partial charge in [0, 0.05) is 12.4 Å². The summed E-state index contributed by atoms with van der Waals surface area (Å²) in [7, 11) is 0. The van der Waals surface area contributed by atoms with E-state index < -0.39 is 17.6 Å². The van der Waals surface area contributed by atoms with Crippen molar-refractivity contribution in [2.45, 2.75) is 0 Å². The number of hydrogen-bond acceptors (Lipinski definition) is 3. The van der Waals surface area contributed by atoms with Crippen molar-refractivity contribution < 1.29 is 14.0 Å². The average molecular weight is 242 g/mol. The number of nitrogens with zero attached hydrogens (tertiary/aromatic N) is 2. The number of fused-ring (bicyclic) bond motifs is 1. The highest BCUT2D eigenvalue weighted by Crippen LogP contribution is 2.27. The molecule has 0 bridgehead atoms. The molecule has 0 atom stereocenters. The van der Waals surface area contributed by atoms with Gasteiger partial charge in [-0.05, 0) is 30.3 Å². The molecule has 0 saturated carbocycles. The molecule has 88 valence electrons. The van der Waals surface area contributed by atoms with Crippen LogP contribution in [0, 0.1) is 5.82 Å². The Kier molecular flexibility index (Phi) is 2.19. The van der Waals surface area contributed by atoms with Crippen molar-refractivity contribution in [3.8, 4) is 0 Å². The van der Waals surface area contributed by atoms with Crippen molar-refractivity contribution in [1.82, 2.24) is 4.98 Å². The molecule has 18 heavy (non-hydrogen) atoms. The molecule has 0 saturated heterocycles. The minimum absolute atomic E-state index is 0.270. The fourth-order valence-corrected chi connectivity index (χ4v) is 1.91. The molecule has 1 aromatic carbocycles. The first-order chi connectivity index (χ1) is 8.68. The zero-order valence-corrected chi connectivity index (χ0v) is 9.13. The lowest BCUT2D eigenvalue weighted by atomic mass is 10.2. The first-order valence-electron chi connectivity index (χ1n) is 5.27. The van der Waals surface area contributed by atoms with Crippen molar-refractivity contribution in [3.63, 3.8) is 0 Å². The second-order valence-corrected chi connectivity index (χ2v) is 3.84. The number of anilines is 1. The maximum atomic E-state index is 12.8. The lowest BCUT2D eigenvalue weighted by Gasteiger charge is -2.13. The molecule has 4 nitrogen and oxygen atoms in total. The Labute approximate surface area is 102 Å².